The van der Waals surface area contributed by atoms with Crippen LogP contribution in [-0.4, -0.2) is 53.1 Å². The maximum atomic E-state index is 14.0. The fraction of sp³-hybridized carbons (Fsp3) is 0.280. The molecule has 4 rings (SSSR count). The van der Waals surface area contributed by atoms with Crippen LogP contribution in [0.4, 0.5) is 38.6 Å². The zero-order chi connectivity index (χ0) is 29.4. The van der Waals surface area contributed by atoms with Crippen LogP contribution in [0.25, 0.3) is 0 Å². The van der Waals surface area contributed by atoms with Gasteiger partial charge in [-0.2, -0.15) is 13.2 Å². The Morgan fingerprint density at radius 1 is 1.07 bits per heavy atom. The summed E-state index contributed by atoms with van der Waals surface area (Å²) in [6.07, 6.45) is -1.70. The van der Waals surface area contributed by atoms with Crippen LogP contribution < -0.4 is 21.7 Å². The molecule has 1 aliphatic heterocycles. The number of piperidine rings is 1. The van der Waals surface area contributed by atoms with E-state index in [-0.39, 0.29) is 21.7 Å². The van der Waals surface area contributed by atoms with Crippen molar-refractivity contribution in [3.8, 4) is 0 Å². The van der Waals surface area contributed by atoms with Gasteiger partial charge in [0.05, 0.1) is 5.56 Å². The van der Waals surface area contributed by atoms with Crippen molar-refractivity contribution in [3.05, 3.63) is 70.1 Å². The molecule has 2 aromatic carbocycles. The van der Waals surface area contributed by atoms with Crippen molar-refractivity contribution >= 4 is 45.6 Å². The number of nitrogens with two attached hydrogens (primary N) is 1. The number of ketones is 1. The number of benzene rings is 2. The maximum Gasteiger partial charge on any atom is 0.490 e. The molecule has 0 spiro atoms. The number of alkyl halides is 3. The van der Waals surface area contributed by atoms with Crippen LogP contribution in [-0.2, 0) is 4.79 Å². The number of amides is 1. The summed E-state index contributed by atoms with van der Waals surface area (Å²) in [6, 6.07) is 10.2. The molecule has 3 aromatic rings. The van der Waals surface area contributed by atoms with Gasteiger partial charge in [-0.25, -0.2) is 18.6 Å². The van der Waals surface area contributed by atoms with Gasteiger partial charge in [0, 0.05) is 23.8 Å². The Morgan fingerprint density at radius 2 is 1.70 bits per heavy atom. The number of hydrogen-bond donors (Lipinski definition) is 5. The zero-order valence-corrected chi connectivity index (χ0v) is 21.5. The van der Waals surface area contributed by atoms with E-state index in [1.807, 2.05) is 0 Å². The van der Waals surface area contributed by atoms with E-state index < -0.39 is 35.1 Å². The number of nitrogens with zero attached hydrogens (tertiary/aromatic N) is 1. The van der Waals surface area contributed by atoms with E-state index in [0.29, 0.717) is 23.8 Å². The van der Waals surface area contributed by atoms with Gasteiger partial charge in [-0.1, -0.05) is 23.8 Å². The van der Waals surface area contributed by atoms with Crippen LogP contribution in [0, 0.1) is 11.6 Å². The van der Waals surface area contributed by atoms with Gasteiger partial charge >= 0.3 is 12.1 Å². The van der Waals surface area contributed by atoms with Crippen molar-refractivity contribution in [1.29, 1.82) is 0 Å². The molecule has 9 nitrogen and oxygen atoms in total. The molecule has 0 bridgehead atoms. The number of hydrogen-bond acceptors (Lipinski definition) is 8. The SMILES string of the molecule is Nc1nc(Nc2ccc(C(=O)NCC3CCCCN3)cc2)sc1C(=O)c1c(F)cccc1F.O=C(O)C(F)(F)F. The van der Waals surface area contributed by atoms with Gasteiger partial charge in [0.1, 0.15) is 22.3 Å². The predicted molar refractivity (Wildman–Crippen MR) is 138 cm³/mol. The third-order valence-electron chi connectivity index (χ3n) is 5.61. The number of carbonyl (C=O) groups is 3. The van der Waals surface area contributed by atoms with Gasteiger partial charge in [-0.3, -0.25) is 9.59 Å². The lowest BCUT2D eigenvalue weighted by atomic mass is 10.1. The van der Waals surface area contributed by atoms with Crippen LogP contribution >= 0.6 is 11.3 Å². The molecule has 1 amide bonds. The normalized spacial score (nSPS) is 15.0. The molecule has 1 atom stereocenters. The Balaban J connectivity index is 0.000000559. The van der Waals surface area contributed by atoms with E-state index in [0.717, 1.165) is 42.9 Å². The summed E-state index contributed by atoms with van der Waals surface area (Å²) < 4.78 is 59.7. The molecule has 0 saturated carbocycles. The van der Waals surface area contributed by atoms with Crippen molar-refractivity contribution < 1.29 is 41.4 Å². The molecule has 2 heterocycles. The Morgan fingerprint density at radius 3 is 2.25 bits per heavy atom. The molecule has 1 aliphatic rings. The summed E-state index contributed by atoms with van der Waals surface area (Å²) in [6.45, 7) is 1.56. The highest BCUT2D eigenvalue weighted by Crippen LogP contribution is 2.31. The number of aliphatic carboxylic acids is 1. The second kappa shape index (κ2) is 13.3. The van der Waals surface area contributed by atoms with E-state index in [9.17, 15) is 31.5 Å². The van der Waals surface area contributed by atoms with Gasteiger partial charge in [-0.15, -0.1) is 0 Å². The highest BCUT2D eigenvalue weighted by atomic mass is 32.1. The Labute approximate surface area is 228 Å². The van der Waals surface area contributed by atoms with Gasteiger partial charge < -0.3 is 26.8 Å². The number of halogens is 5. The quantitative estimate of drug-likeness (QED) is 0.202. The first-order valence-electron chi connectivity index (χ1n) is 11.8. The minimum atomic E-state index is -5.08. The van der Waals surface area contributed by atoms with Crippen molar-refractivity contribution in [2.24, 2.45) is 0 Å². The molecule has 0 radical (unpaired) electrons. The molecule has 214 valence electrons. The van der Waals surface area contributed by atoms with E-state index in [1.165, 1.54) is 12.5 Å². The van der Waals surface area contributed by atoms with Crippen LogP contribution in [0.15, 0.2) is 42.5 Å². The molecular weight excluding hydrogens is 561 g/mol. The lowest BCUT2D eigenvalue weighted by Gasteiger charge is -2.23. The minimum absolute atomic E-state index is 0.0613. The highest BCUT2D eigenvalue weighted by molar-refractivity contribution is 7.18. The third-order valence-corrected chi connectivity index (χ3v) is 6.60. The molecule has 15 heteroatoms. The van der Waals surface area contributed by atoms with Crippen molar-refractivity contribution in [2.45, 2.75) is 31.5 Å². The number of carbonyl (C=O) groups excluding carboxylic acids is 2. The van der Waals surface area contributed by atoms with E-state index in [4.69, 9.17) is 15.6 Å². The fourth-order valence-electron chi connectivity index (χ4n) is 3.62. The lowest BCUT2D eigenvalue weighted by molar-refractivity contribution is -0.192. The Kier molecular flexibility index (Phi) is 10.1. The fourth-order valence-corrected chi connectivity index (χ4v) is 4.47. The number of anilines is 3. The molecular formula is C25H24F5N5O4S. The third kappa shape index (κ3) is 8.19. The number of carboxylic acids is 1. The predicted octanol–water partition coefficient (Wildman–Crippen LogP) is 4.48. The number of aromatic nitrogens is 1. The van der Waals surface area contributed by atoms with Crippen molar-refractivity contribution in [1.82, 2.24) is 15.6 Å². The van der Waals surface area contributed by atoms with Crippen LogP contribution in [0.5, 0.6) is 0 Å². The zero-order valence-electron chi connectivity index (χ0n) is 20.6. The first-order chi connectivity index (χ1) is 18.9. The van der Waals surface area contributed by atoms with Gasteiger partial charge in [0.25, 0.3) is 5.91 Å². The molecule has 0 aliphatic carbocycles. The van der Waals surface area contributed by atoms with Crippen LogP contribution in [0.2, 0.25) is 0 Å². The summed E-state index contributed by atoms with van der Waals surface area (Å²) in [4.78, 5) is 37.9. The Hall–Kier alpha value is -4.11. The van der Waals surface area contributed by atoms with E-state index in [2.05, 4.69) is 20.9 Å². The number of thiazole rings is 1. The number of nitrogens with one attached hydrogen (secondary N) is 3. The second-order valence-electron chi connectivity index (χ2n) is 8.52. The van der Waals surface area contributed by atoms with Crippen molar-refractivity contribution in [2.75, 3.05) is 24.1 Å². The summed E-state index contributed by atoms with van der Waals surface area (Å²) >= 11 is 0.893. The largest absolute Gasteiger partial charge is 0.490 e. The summed E-state index contributed by atoms with van der Waals surface area (Å²) in [5, 5.41) is 16.7. The standard InChI is InChI=1S/C23H23F2N5O2S.C2HF3O2/c24-16-5-3-6-17(25)18(16)19(31)20-21(26)30-23(33-20)29-14-9-7-13(8-10-14)22(32)28-12-15-4-1-2-11-27-15;3-2(4,5)1(6)7/h3,5-10,15,27H,1-2,4,11-12,26H2,(H,28,32)(H,29,30);(H,6,7). The number of carboxylic acid groups (broad SMARTS) is 1. The highest BCUT2D eigenvalue weighted by Gasteiger charge is 2.38. The summed E-state index contributed by atoms with van der Waals surface area (Å²) in [5.74, 6) is -5.83. The monoisotopic (exact) mass is 585 g/mol. The lowest BCUT2D eigenvalue weighted by Crippen LogP contribution is -2.43. The van der Waals surface area contributed by atoms with Gasteiger partial charge in [-0.05, 0) is 55.8 Å². The minimum Gasteiger partial charge on any atom is -0.475 e. The molecule has 6 N–H and O–H groups in total. The smallest absolute Gasteiger partial charge is 0.475 e. The first kappa shape index (κ1) is 30.4. The van der Waals surface area contributed by atoms with Gasteiger partial charge in [0.2, 0.25) is 5.78 Å². The first-order valence-corrected chi connectivity index (χ1v) is 12.6. The average molecular weight is 586 g/mol. The molecule has 1 aromatic heterocycles. The van der Waals surface area contributed by atoms with E-state index >= 15 is 0 Å². The molecule has 40 heavy (non-hydrogen) atoms. The topological polar surface area (TPSA) is 146 Å². The van der Waals surface area contributed by atoms with Gasteiger partial charge in [0.15, 0.2) is 5.13 Å². The maximum absolute atomic E-state index is 14.0. The molecule has 1 fully saturated rings. The average Bonchev–Trinajstić information content (AvgIpc) is 3.27. The Bertz CT molecular complexity index is 1340. The second-order valence-corrected chi connectivity index (χ2v) is 9.52. The molecule has 1 unspecified atom stereocenters. The molecule has 1 saturated heterocycles. The van der Waals surface area contributed by atoms with Crippen LogP contribution in [0.1, 0.15) is 44.9 Å². The van der Waals surface area contributed by atoms with E-state index in [1.54, 1.807) is 24.3 Å². The van der Waals surface area contributed by atoms with Crippen LogP contribution in [0.3, 0.4) is 0 Å². The summed E-state index contributed by atoms with van der Waals surface area (Å²) in [7, 11) is 0. The number of rotatable bonds is 7. The number of nitrogen functional groups attached to an aromatic ring is 1. The summed E-state index contributed by atoms with van der Waals surface area (Å²) in [5.41, 5.74) is 6.29. The van der Waals surface area contributed by atoms with Crippen molar-refractivity contribution in [3.63, 3.8) is 0 Å².